The number of aromatic carboxylic acids is 1. The molecule has 2 rings (SSSR count). The van der Waals surface area contributed by atoms with Crippen molar-refractivity contribution < 1.29 is 19.2 Å². The zero-order valence-corrected chi connectivity index (χ0v) is 9.70. The fraction of sp³-hybridized carbons (Fsp3) is 0.0909. The van der Waals surface area contributed by atoms with Crippen LogP contribution in [0.2, 0.25) is 0 Å². The van der Waals surface area contributed by atoms with Crippen molar-refractivity contribution in [2.75, 3.05) is 0 Å². The van der Waals surface area contributed by atoms with Crippen LogP contribution in [-0.4, -0.2) is 25.8 Å². The Morgan fingerprint density at radius 1 is 1.53 bits per heavy atom. The van der Waals surface area contributed by atoms with Crippen LogP contribution < -0.4 is 0 Å². The van der Waals surface area contributed by atoms with Crippen LogP contribution in [0.4, 0.5) is 10.1 Å². The number of halogens is 1. The Balaban J connectivity index is 2.72. The second kappa shape index (κ2) is 4.48. The molecule has 0 unspecified atom stereocenters. The van der Waals surface area contributed by atoms with E-state index in [0.29, 0.717) is 11.8 Å². The summed E-state index contributed by atoms with van der Waals surface area (Å²) in [5, 5.41) is 23.7. The van der Waals surface area contributed by atoms with Crippen molar-refractivity contribution in [3.8, 4) is 5.69 Å². The molecule has 0 atom stereocenters. The summed E-state index contributed by atoms with van der Waals surface area (Å²) < 4.78 is 14.6. The Labute approximate surface area is 106 Å². The van der Waals surface area contributed by atoms with Gasteiger partial charge in [-0.15, -0.1) is 0 Å². The zero-order valence-electron chi connectivity index (χ0n) is 9.70. The summed E-state index contributed by atoms with van der Waals surface area (Å²) in [5.41, 5.74) is -0.702. The van der Waals surface area contributed by atoms with Crippen molar-refractivity contribution in [2.45, 2.75) is 6.92 Å². The van der Waals surface area contributed by atoms with Gasteiger partial charge >= 0.3 is 5.97 Å². The molecule has 0 saturated carbocycles. The molecule has 1 N–H and O–H groups in total. The molecule has 7 nitrogen and oxygen atoms in total. The highest BCUT2D eigenvalue weighted by Crippen LogP contribution is 2.26. The molecule has 0 aliphatic carbocycles. The van der Waals surface area contributed by atoms with E-state index in [-0.39, 0.29) is 5.69 Å². The monoisotopic (exact) mass is 265 g/mol. The predicted molar refractivity (Wildman–Crippen MR) is 61.9 cm³/mol. The smallest absolute Gasteiger partial charge is 0.338 e. The molecule has 0 spiro atoms. The van der Waals surface area contributed by atoms with Gasteiger partial charge in [-0.2, -0.15) is 5.10 Å². The van der Waals surface area contributed by atoms with Crippen molar-refractivity contribution in [1.29, 1.82) is 0 Å². The van der Waals surface area contributed by atoms with E-state index in [4.69, 9.17) is 5.11 Å². The molecular formula is C11H8FN3O4. The van der Waals surface area contributed by atoms with Gasteiger partial charge in [0.15, 0.2) is 0 Å². The Kier molecular flexibility index (Phi) is 2.99. The SMILES string of the molecule is Cc1ccn(-c2cc(C(=O)O)c(F)cc2[N+](=O)[O-])n1. The van der Waals surface area contributed by atoms with Crippen molar-refractivity contribution in [3.05, 3.63) is 51.6 Å². The van der Waals surface area contributed by atoms with E-state index in [2.05, 4.69) is 5.10 Å². The summed E-state index contributed by atoms with van der Waals surface area (Å²) in [7, 11) is 0. The average Bonchev–Trinajstić information content (AvgIpc) is 2.74. The third kappa shape index (κ3) is 2.28. The first-order valence-corrected chi connectivity index (χ1v) is 5.14. The standard InChI is InChI=1S/C11H8FN3O4/c1-6-2-3-14(13-6)9-4-7(11(16)17)8(12)5-10(9)15(18)19/h2-5H,1H3,(H,16,17). The van der Waals surface area contributed by atoms with Crippen LogP contribution in [0.3, 0.4) is 0 Å². The highest BCUT2D eigenvalue weighted by atomic mass is 19.1. The van der Waals surface area contributed by atoms with Crippen molar-refractivity contribution >= 4 is 11.7 Å². The molecule has 0 saturated heterocycles. The van der Waals surface area contributed by atoms with E-state index in [1.807, 2.05) is 0 Å². The molecule has 1 heterocycles. The topological polar surface area (TPSA) is 98.3 Å². The van der Waals surface area contributed by atoms with Gasteiger partial charge in [0.1, 0.15) is 11.5 Å². The molecule has 0 fully saturated rings. The van der Waals surface area contributed by atoms with Crippen molar-refractivity contribution in [3.63, 3.8) is 0 Å². The van der Waals surface area contributed by atoms with Gasteiger partial charge in [-0.05, 0) is 19.1 Å². The number of carboxylic acid groups (broad SMARTS) is 1. The number of nitrogens with zero attached hydrogens (tertiary/aromatic N) is 3. The Morgan fingerprint density at radius 2 is 2.21 bits per heavy atom. The number of hydrogen-bond donors (Lipinski definition) is 1. The van der Waals surface area contributed by atoms with Gasteiger partial charge < -0.3 is 5.11 Å². The first-order chi connectivity index (χ1) is 8.90. The highest BCUT2D eigenvalue weighted by molar-refractivity contribution is 5.89. The van der Waals surface area contributed by atoms with Crippen LogP contribution in [0.15, 0.2) is 24.4 Å². The third-order valence-corrected chi connectivity index (χ3v) is 2.46. The lowest BCUT2D eigenvalue weighted by Gasteiger charge is -2.05. The first-order valence-electron chi connectivity index (χ1n) is 5.14. The molecule has 19 heavy (non-hydrogen) atoms. The lowest BCUT2D eigenvalue weighted by molar-refractivity contribution is -0.384. The van der Waals surface area contributed by atoms with E-state index in [9.17, 15) is 19.3 Å². The average molecular weight is 265 g/mol. The molecule has 0 radical (unpaired) electrons. The number of carboxylic acids is 1. The molecule has 2 aromatic rings. The van der Waals surface area contributed by atoms with Crippen LogP contribution in [0.5, 0.6) is 0 Å². The van der Waals surface area contributed by atoms with E-state index in [1.54, 1.807) is 13.0 Å². The van der Waals surface area contributed by atoms with Crippen LogP contribution in [0.1, 0.15) is 16.1 Å². The molecule has 8 heteroatoms. The lowest BCUT2D eigenvalue weighted by atomic mass is 10.1. The molecule has 1 aromatic carbocycles. The molecule has 0 bridgehead atoms. The van der Waals surface area contributed by atoms with Gasteiger partial charge in [0.05, 0.1) is 22.2 Å². The quantitative estimate of drug-likeness (QED) is 0.675. The van der Waals surface area contributed by atoms with Gasteiger partial charge in [0, 0.05) is 6.20 Å². The predicted octanol–water partition coefficient (Wildman–Crippen LogP) is 1.93. The molecule has 98 valence electrons. The number of aromatic nitrogens is 2. The van der Waals surface area contributed by atoms with Gasteiger partial charge in [-0.1, -0.05) is 0 Å². The van der Waals surface area contributed by atoms with Gasteiger partial charge in [0.2, 0.25) is 0 Å². The maximum Gasteiger partial charge on any atom is 0.338 e. The maximum absolute atomic E-state index is 13.4. The molecule has 0 aliphatic heterocycles. The van der Waals surface area contributed by atoms with Crippen molar-refractivity contribution in [2.24, 2.45) is 0 Å². The number of rotatable bonds is 3. The first kappa shape index (κ1) is 12.7. The minimum Gasteiger partial charge on any atom is -0.478 e. The number of benzene rings is 1. The minimum atomic E-state index is -1.50. The molecular weight excluding hydrogens is 257 g/mol. The lowest BCUT2D eigenvalue weighted by Crippen LogP contribution is -2.07. The largest absolute Gasteiger partial charge is 0.478 e. The van der Waals surface area contributed by atoms with Crippen LogP contribution >= 0.6 is 0 Å². The highest BCUT2D eigenvalue weighted by Gasteiger charge is 2.23. The summed E-state index contributed by atoms with van der Waals surface area (Å²) in [5.74, 6) is -2.66. The third-order valence-electron chi connectivity index (χ3n) is 2.46. The zero-order chi connectivity index (χ0) is 14.2. The maximum atomic E-state index is 13.4. The van der Waals surface area contributed by atoms with Crippen molar-refractivity contribution in [1.82, 2.24) is 9.78 Å². The summed E-state index contributed by atoms with van der Waals surface area (Å²) in [6.45, 7) is 1.67. The van der Waals surface area contributed by atoms with E-state index < -0.39 is 28.0 Å². The second-order valence-corrected chi connectivity index (χ2v) is 3.78. The van der Waals surface area contributed by atoms with E-state index >= 15 is 0 Å². The summed E-state index contributed by atoms with van der Waals surface area (Å²) in [6.07, 6.45) is 1.43. The molecule has 0 aliphatic rings. The second-order valence-electron chi connectivity index (χ2n) is 3.78. The van der Waals surface area contributed by atoms with Crippen LogP contribution in [0, 0.1) is 22.9 Å². The van der Waals surface area contributed by atoms with Gasteiger partial charge in [0.25, 0.3) is 5.69 Å². The number of nitro benzene ring substituents is 1. The summed E-state index contributed by atoms with van der Waals surface area (Å²) in [4.78, 5) is 20.9. The van der Waals surface area contributed by atoms with Gasteiger partial charge in [-0.25, -0.2) is 13.9 Å². The molecule has 1 aromatic heterocycles. The Hall–Kier alpha value is -2.77. The number of nitro groups is 1. The summed E-state index contributed by atoms with van der Waals surface area (Å²) in [6, 6.07) is 3.06. The fourth-order valence-electron chi connectivity index (χ4n) is 1.59. The fourth-order valence-corrected chi connectivity index (χ4v) is 1.59. The van der Waals surface area contributed by atoms with Crippen LogP contribution in [-0.2, 0) is 0 Å². The van der Waals surface area contributed by atoms with E-state index in [0.717, 1.165) is 10.7 Å². The molecule has 0 amide bonds. The summed E-state index contributed by atoms with van der Waals surface area (Å²) >= 11 is 0. The number of hydrogen-bond acceptors (Lipinski definition) is 4. The number of aryl methyl sites for hydroxylation is 1. The minimum absolute atomic E-state index is 0.100. The Morgan fingerprint density at radius 3 is 2.68 bits per heavy atom. The Bertz CT molecular complexity index is 681. The van der Waals surface area contributed by atoms with E-state index in [1.165, 1.54) is 6.20 Å². The van der Waals surface area contributed by atoms with Gasteiger partial charge in [-0.3, -0.25) is 10.1 Å². The normalized spacial score (nSPS) is 10.4. The van der Waals surface area contributed by atoms with Crippen LogP contribution in [0.25, 0.3) is 5.69 Å². The number of carbonyl (C=O) groups is 1.